The van der Waals surface area contributed by atoms with Crippen molar-refractivity contribution in [2.24, 2.45) is 14.1 Å². The molecule has 0 bridgehead atoms. The molecule has 2 rings (SSSR count). The van der Waals surface area contributed by atoms with Crippen LogP contribution in [0.5, 0.6) is 0 Å². The van der Waals surface area contributed by atoms with Crippen LogP contribution in [0.4, 0.5) is 11.9 Å². The molecule has 2 N–H and O–H groups in total. The van der Waals surface area contributed by atoms with Crippen molar-refractivity contribution in [2.45, 2.75) is 0 Å². The van der Waals surface area contributed by atoms with Gasteiger partial charge in [0.05, 0.1) is 0 Å². The third-order valence-electron chi connectivity index (χ3n) is 1.53. The molecule has 0 atom stereocenters. The van der Waals surface area contributed by atoms with Crippen molar-refractivity contribution < 1.29 is 0 Å². The lowest BCUT2D eigenvalue weighted by Gasteiger charge is -2.04. The van der Waals surface area contributed by atoms with Crippen LogP contribution in [0.1, 0.15) is 0 Å². The van der Waals surface area contributed by atoms with Crippen LogP contribution in [0, 0.1) is 0 Å². The van der Waals surface area contributed by atoms with Crippen LogP contribution in [0.25, 0.3) is 0 Å². The van der Waals surface area contributed by atoms with Gasteiger partial charge in [-0.1, -0.05) is 10.2 Å². The molecule has 74 valence electrons. The molecule has 2 aromatic rings. The smallest absolute Gasteiger partial charge is 0.261 e. The van der Waals surface area contributed by atoms with E-state index in [1.807, 2.05) is 0 Å². The van der Waals surface area contributed by atoms with Crippen molar-refractivity contribution in [1.29, 1.82) is 0 Å². The van der Waals surface area contributed by atoms with Crippen LogP contribution in [0.2, 0.25) is 0 Å². The van der Waals surface area contributed by atoms with E-state index in [1.165, 1.54) is 9.36 Å². The molecule has 0 radical (unpaired) electrons. The topological polar surface area (TPSA) is 111 Å². The maximum absolute atomic E-state index is 3.70. The standard InChI is InChI=1S/C4H8N10/c1-13-3(7-9-11-13)5-6-4-8-10-12-14(4)2/h1-2H3,(H,5,7,11)(H,6,8,12). The van der Waals surface area contributed by atoms with Gasteiger partial charge in [0.1, 0.15) is 0 Å². The summed E-state index contributed by atoms with van der Waals surface area (Å²) in [4.78, 5) is 0. The lowest BCUT2D eigenvalue weighted by molar-refractivity contribution is 0.709. The van der Waals surface area contributed by atoms with Gasteiger partial charge in [-0.3, -0.25) is 10.9 Å². The average molecular weight is 196 g/mol. The van der Waals surface area contributed by atoms with Crippen molar-refractivity contribution in [1.82, 2.24) is 40.4 Å². The van der Waals surface area contributed by atoms with E-state index in [4.69, 9.17) is 0 Å². The second-order valence-electron chi connectivity index (χ2n) is 2.50. The van der Waals surface area contributed by atoms with E-state index < -0.39 is 0 Å². The van der Waals surface area contributed by atoms with Gasteiger partial charge in [0.25, 0.3) is 11.9 Å². The summed E-state index contributed by atoms with van der Waals surface area (Å²) in [6, 6.07) is 0. The molecule has 0 unspecified atom stereocenters. The second-order valence-corrected chi connectivity index (χ2v) is 2.50. The summed E-state index contributed by atoms with van der Waals surface area (Å²) in [5.74, 6) is 0.931. The largest absolute Gasteiger partial charge is 0.264 e. The summed E-state index contributed by atoms with van der Waals surface area (Å²) in [6.07, 6.45) is 0. The van der Waals surface area contributed by atoms with Crippen LogP contribution in [0.15, 0.2) is 0 Å². The molecule has 0 aliphatic rings. The Kier molecular flexibility index (Phi) is 1.93. The maximum Gasteiger partial charge on any atom is 0.261 e. The first kappa shape index (κ1) is 8.34. The number of hydrazine groups is 1. The van der Waals surface area contributed by atoms with Crippen LogP contribution < -0.4 is 10.9 Å². The number of rotatable bonds is 3. The Morgan fingerprint density at radius 2 is 1.29 bits per heavy atom. The van der Waals surface area contributed by atoms with Gasteiger partial charge in [-0.2, -0.15) is 0 Å². The summed E-state index contributed by atoms with van der Waals surface area (Å²) in [6.45, 7) is 0. The molecule has 2 aromatic heterocycles. The van der Waals surface area contributed by atoms with E-state index >= 15 is 0 Å². The van der Waals surface area contributed by atoms with E-state index in [2.05, 4.69) is 41.9 Å². The Labute approximate surface area is 78.3 Å². The number of aromatic nitrogens is 8. The first-order valence-electron chi connectivity index (χ1n) is 3.74. The van der Waals surface area contributed by atoms with Gasteiger partial charge in [-0.05, 0) is 20.9 Å². The number of anilines is 2. The fourth-order valence-electron chi connectivity index (χ4n) is 0.782. The third kappa shape index (κ3) is 1.44. The number of nitrogens with one attached hydrogen (secondary N) is 2. The van der Waals surface area contributed by atoms with Crippen LogP contribution in [0.3, 0.4) is 0 Å². The van der Waals surface area contributed by atoms with Gasteiger partial charge in [-0.25, -0.2) is 9.36 Å². The molecule has 0 aliphatic carbocycles. The van der Waals surface area contributed by atoms with Crippen molar-refractivity contribution in [2.75, 3.05) is 10.9 Å². The molecule has 10 heteroatoms. The molecule has 0 amide bonds. The Balaban J connectivity index is 2.02. The van der Waals surface area contributed by atoms with Gasteiger partial charge >= 0.3 is 0 Å². The summed E-state index contributed by atoms with van der Waals surface area (Å²) in [5, 5.41) is 21.5. The van der Waals surface area contributed by atoms with E-state index in [0.29, 0.717) is 11.9 Å². The maximum atomic E-state index is 3.70. The van der Waals surface area contributed by atoms with Crippen LogP contribution in [-0.2, 0) is 14.1 Å². The lowest BCUT2D eigenvalue weighted by Crippen LogP contribution is -2.16. The Bertz CT molecular complexity index is 373. The summed E-state index contributed by atoms with van der Waals surface area (Å²) >= 11 is 0. The van der Waals surface area contributed by atoms with Gasteiger partial charge in [0, 0.05) is 14.1 Å². The van der Waals surface area contributed by atoms with E-state index in [0.717, 1.165) is 0 Å². The molecule has 14 heavy (non-hydrogen) atoms. The minimum absolute atomic E-state index is 0.466. The number of nitrogens with zero attached hydrogens (tertiary/aromatic N) is 8. The monoisotopic (exact) mass is 196 g/mol. The molecular weight excluding hydrogens is 188 g/mol. The van der Waals surface area contributed by atoms with Crippen LogP contribution >= 0.6 is 0 Å². The molecule has 0 saturated carbocycles. The van der Waals surface area contributed by atoms with Gasteiger partial charge in [0.15, 0.2) is 0 Å². The number of aryl methyl sites for hydroxylation is 2. The molecule has 0 aliphatic heterocycles. The number of hydrogen-bond donors (Lipinski definition) is 2. The normalized spacial score (nSPS) is 10.1. The predicted molar refractivity (Wildman–Crippen MR) is 44.8 cm³/mol. The summed E-state index contributed by atoms with van der Waals surface area (Å²) < 4.78 is 2.94. The van der Waals surface area contributed by atoms with Crippen LogP contribution in [-0.4, -0.2) is 40.4 Å². The zero-order valence-electron chi connectivity index (χ0n) is 7.58. The summed E-state index contributed by atoms with van der Waals surface area (Å²) in [7, 11) is 3.41. The van der Waals surface area contributed by atoms with Crippen molar-refractivity contribution in [3.63, 3.8) is 0 Å². The predicted octanol–water partition coefficient (Wildman–Crippen LogP) is -1.83. The number of tetrazole rings is 2. The zero-order valence-corrected chi connectivity index (χ0v) is 7.58. The Morgan fingerprint density at radius 3 is 1.57 bits per heavy atom. The fraction of sp³-hybridized carbons (Fsp3) is 0.500. The van der Waals surface area contributed by atoms with E-state index in [-0.39, 0.29) is 0 Å². The van der Waals surface area contributed by atoms with E-state index in [9.17, 15) is 0 Å². The second kappa shape index (κ2) is 3.24. The van der Waals surface area contributed by atoms with Gasteiger partial charge in [0.2, 0.25) is 0 Å². The molecule has 10 nitrogen and oxygen atoms in total. The molecular formula is C4H8N10. The first-order chi connectivity index (χ1) is 6.77. The number of hydrogen-bond acceptors (Lipinski definition) is 8. The average Bonchev–Trinajstić information content (AvgIpc) is 2.72. The Hall–Kier alpha value is -2.26. The highest BCUT2D eigenvalue weighted by atomic mass is 15.6. The Morgan fingerprint density at radius 1 is 0.857 bits per heavy atom. The molecule has 0 aromatic carbocycles. The highest BCUT2D eigenvalue weighted by Crippen LogP contribution is 1.98. The van der Waals surface area contributed by atoms with E-state index in [1.54, 1.807) is 14.1 Å². The third-order valence-corrected chi connectivity index (χ3v) is 1.53. The molecule has 0 spiro atoms. The fourth-order valence-corrected chi connectivity index (χ4v) is 0.782. The minimum atomic E-state index is 0.466. The van der Waals surface area contributed by atoms with Crippen molar-refractivity contribution in [3.8, 4) is 0 Å². The van der Waals surface area contributed by atoms with Gasteiger partial charge in [-0.15, -0.1) is 0 Å². The highest BCUT2D eigenvalue weighted by molar-refractivity contribution is 5.33. The van der Waals surface area contributed by atoms with Gasteiger partial charge < -0.3 is 0 Å². The SMILES string of the molecule is Cn1nnnc1NNc1nnnn1C. The van der Waals surface area contributed by atoms with Crippen molar-refractivity contribution in [3.05, 3.63) is 0 Å². The highest BCUT2D eigenvalue weighted by Gasteiger charge is 2.03. The lowest BCUT2D eigenvalue weighted by atomic mass is 11.0. The first-order valence-corrected chi connectivity index (χ1v) is 3.74. The molecule has 0 fully saturated rings. The minimum Gasteiger partial charge on any atom is -0.264 e. The molecule has 0 saturated heterocycles. The molecule has 2 heterocycles. The van der Waals surface area contributed by atoms with Crippen molar-refractivity contribution >= 4 is 11.9 Å². The summed E-state index contributed by atoms with van der Waals surface area (Å²) in [5.41, 5.74) is 5.50. The quantitative estimate of drug-likeness (QED) is 0.551. The zero-order chi connectivity index (χ0) is 9.97.